The fraction of sp³-hybridized carbons (Fsp3) is 0.933. The van der Waals surface area contributed by atoms with Crippen LogP contribution in [-0.4, -0.2) is 42.0 Å². The number of rotatable bonds is 1. The van der Waals surface area contributed by atoms with Crippen molar-refractivity contribution in [3.63, 3.8) is 0 Å². The Morgan fingerprint density at radius 2 is 1.44 bits per heavy atom. The van der Waals surface area contributed by atoms with Crippen molar-refractivity contribution < 1.29 is 4.79 Å². The minimum Gasteiger partial charge on any atom is -0.325 e. The maximum Gasteiger partial charge on any atom is 0.319 e. The first-order chi connectivity index (χ1) is 8.58. The first kappa shape index (κ1) is 13.7. The van der Waals surface area contributed by atoms with Crippen molar-refractivity contribution >= 4 is 6.03 Å². The van der Waals surface area contributed by atoms with Crippen molar-refractivity contribution in [2.75, 3.05) is 20.1 Å². The molecule has 0 aromatic rings. The van der Waals surface area contributed by atoms with Gasteiger partial charge in [-0.1, -0.05) is 13.8 Å². The third-order valence-corrected chi connectivity index (χ3v) is 4.89. The van der Waals surface area contributed by atoms with Crippen LogP contribution >= 0.6 is 0 Å². The Morgan fingerprint density at radius 1 is 0.944 bits per heavy atom. The van der Waals surface area contributed by atoms with E-state index in [0.717, 1.165) is 24.9 Å². The summed E-state index contributed by atoms with van der Waals surface area (Å²) in [5.74, 6) is 1.63. The molecule has 0 spiro atoms. The van der Waals surface area contributed by atoms with Gasteiger partial charge >= 0.3 is 6.03 Å². The zero-order valence-corrected chi connectivity index (χ0v) is 12.2. The van der Waals surface area contributed by atoms with Crippen LogP contribution in [0.3, 0.4) is 0 Å². The van der Waals surface area contributed by atoms with E-state index in [1.54, 1.807) is 0 Å². The molecule has 0 radical (unpaired) electrons. The molecule has 1 saturated heterocycles. The number of hydrogen-bond acceptors (Lipinski definition) is 1. The van der Waals surface area contributed by atoms with Crippen LogP contribution in [0.1, 0.15) is 52.4 Å². The van der Waals surface area contributed by atoms with E-state index < -0.39 is 0 Å². The van der Waals surface area contributed by atoms with Crippen molar-refractivity contribution in [2.24, 2.45) is 11.8 Å². The number of piperidine rings is 1. The van der Waals surface area contributed by atoms with Gasteiger partial charge in [0.1, 0.15) is 0 Å². The second kappa shape index (κ2) is 5.94. The third-order valence-electron chi connectivity index (χ3n) is 4.89. The lowest BCUT2D eigenvalue weighted by atomic mass is 9.87. The summed E-state index contributed by atoms with van der Waals surface area (Å²) in [6.45, 7) is 6.51. The topological polar surface area (TPSA) is 23.6 Å². The van der Waals surface area contributed by atoms with E-state index >= 15 is 0 Å². The molecule has 2 fully saturated rings. The van der Waals surface area contributed by atoms with Gasteiger partial charge in [-0.2, -0.15) is 0 Å². The summed E-state index contributed by atoms with van der Waals surface area (Å²) in [4.78, 5) is 16.5. The number of nitrogens with zero attached hydrogens (tertiary/aromatic N) is 2. The molecule has 1 saturated carbocycles. The van der Waals surface area contributed by atoms with Gasteiger partial charge in [0.25, 0.3) is 0 Å². The maximum absolute atomic E-state index is 12.4. The van der Waals surface area contributed by atoms with Crippen LogP contribution in [0.4, 0.5) is 4.79 Å². The molecule has 2 amide bonds. The summed E-state index contributed by atoms with van der Waals surface area (Å²) in [5.41, 5.74) is 0. The van der Waals surface area contributed by atoms with Crippen LogP contribution in [0.2, 0.25) is 0 Å². The van der Waals surface area contributed by atoms with Crippen LogP contribution in [-0.2, 0) is 0 Å². The number of carbonyl (C=O) groups excluding carboxylic acids is 1. The Labute approximate surface area is 112 Å². The van der Waals surface area contributed by atoms with E-state index in [1.807, 2.05) is 11.9 Å². The quantitative estimate of drug-likeness (QED) is 0.702. The van der Waals surface area contributed by atoms with Crippen molar-refractivity contribution in [2.45, 2.75) is 58.4 Å². The fourth-order valence-corrected chi connectivity index (χ4v) is 3.21. The number of amides is 2. The average Bonchev–Trinajstić information content (AvgIpc) is 2.39. The molecule has 0 bridgehead atoms. The molecule has 104 valence electrons. The largest absolute Gasteiger partial charge is 0.325 e. The number of hydrogen-bond donors (Lipinski definition) is 0. The zero-order chi connectivity index (χ0) is 13.1. The van der Waals surface area contributed by atoms with Crippen molar-refractivity contribution in [3.8, 4) is 0 Å². The average molecular weight is 252 g/mol. The number of carbonyl (C=O) groups is 1. The highest BCUT2D eigenvalue weighted by atomic mass is 16.2. The summed E-state index contributed by atoms with van der Waals surface area (Å²) in [7, 11) is 2.00. The number of likely N-dealkylation sites (tertiary alicyclic amines) is 1. The Kier molecular flexibility index (Phi) is 4.52. The summed E-state index contributed by atoms with van der Waals surface area (Å²) < 4.78 is 0. The molecule has 1 aliphatic heterocycles. The normalized spacial score (nSPS) is 30.3. The van der Waals surface area contributed by atoms with E-state index in [9.17, 15) is 4.79 Å². The minimum atomic E-state index is 0.265. The van der Waals surface area contributed by atoms with E-state index in [2.05, 4.69) is 18.7 Å². The molecule has 18 heavy (non-hydrogen) atoms. The maximum atomic E-state index is 12.4. The Morgan fingerprint density at radius 3 is 2.00 bits per heavy atom. The monoisotopic (exact) mass is 252 g/mol. The predicted octanol–water partition coefficient (Wildman–Crippen LogP) is 3.35. The van der Waals surface area contributed by atoms with Gasteiger partial charge in [0.15, 0.2) is 0 Å². The second-order valence-corrected chi connectivity index (χ2v) is 6.48. The SMILES string of the molecule is CC1CCC(N(C)C(=O)N2CCC(C)CC2)CC1. The molecule has 3 nitrogen and oxygen atoms in total. The van der Waals surface area contributed by atoms with E-state index in [-0.39, 0.29) is 6.03 Å². The molecule has 0 atom stereocenters. The van der Waals surface area contributed by atoms with Gasteiger partial charge < -0.3 is 9.80 Å². The van der Waals surface area contributed by atoms with Crippen LogP contribution in [0, 0.1) is 11.8 Å². The van der Waals surface area contributed by atoms with E-state index in [0.29, 0.717) is 6.04 Å². The summed E-state index contributed by atoms with van der Waals surface area (Å²) in [6.07, 6.45) is 7.27. The van der Waals surface area contributed by atoms with Gasteiger partial charge in [-0.3, -0.25) is 0 Å². The molecular weight excluding hydrogens is 224 g/mol. The third kappa shape index (κ3) is 3.18. The van der Waals surface area contributed by atoms with Gasteiger partial charge in [-0.05, 0) is 50.4 Å². The molecule has 0 aromatic heterocycles. The fourth-order valence-electron chi connectivity index (χ4n) is 3.21. The standard InChI is InChI=1S/C15H28N2O/c1-12-4-6-14(7-5-12)16(3)15(18)17-10-8-13(2)9-11-17/h12-14H,4-11H2,1-3H3. The molecule has 1 aliphatic carbocycles. The predicted molar refractivity (Wildman–Crippen MR) is 74.6 cm³/mol. The molecule has 2 aliphatic rings. The van der Waals surface area contributed by atoms with Crippen molar-refractivity contribution in [1.29, 1.82) is 0 Å². The molecule has 0 N–H and O–H groups in total. The lowest BCUT2D eigenvalue weighted by molar-refractivity contribution is 0.115. The van der Waals surface area contributed by atoms with Gasteiger partial charge in [0.05, 0.1) is 0 Å². The highest BCUT2D eigenvalue weighted by Crippen LogP contribution is 2.27. The zero-order valence-electron chi connectivity index (χ0n) is 12.2. The Bertz CT molecular complexity index is 276. The highest BCUT2D eigenvalue weighted by Gasteiger charge is 2.29. The van der Waals surface area contributed by atoms with Crippen LogP contribution in [0.5, 0.6) is 0 Å². The van der Waals surface area contributed by atoms with E-state index in [1.165, 1.54) is 38.5 Å². The van der Waals surface area contributed by atoms with Gasteiger partial charge in [-0.25, -0.2) is 4.79 Å². The first-order valence-corrected chi connectivity index (χ1v) is 7.59. The van der Waals surface area contributed by atoms with Gasteiger partial charge in [-0.15, -0.1) is 0 Å². The Hall–Kier alpha value is -0.730. The molecule has 1 heterocycles. The summed E-state index contributed by atoms with van der Waals surface area (Å²) in [5, 5.41) is 0. The smallest absolute Gasteiger partial charge is 0.319 e. The molecular formula is C15H28N2O. The molecule has 0 aromatic carbocycles. The van der Waals surface area contributed by atoms with Crippen LogP contribution in [0.15, 0.2) is 0 Å². The van der Waals surface area contributed by atoms with Gasteiger partial charge in [0.2, 0.25) is 0 Å². The summed E-state index contributed by atoms with van der Waals surface area (Å²) >= 11 is 0. The highest BCUT2D eigenvalue weighted by molar-refractivity contribution is 5.74. The van der Waals surface area contributed by atoms with E-state index in [4.69, 9.17) is 0 Å². The first-order valence-electron chi connectivity index (χ1n) is 7.59. The number of urea groups is 1. The lowest BCUT2D eigenvalue weighted by Gasteiger charge is -2.38. The van der Waals surface area contributed by atoms with Crippen LogP contribution < -0.4 is 0 Å². The van der Waals surface area contributed by atoms with Gasteiger partial charge in [0, 0.05) is 26.2 Å². The van der Waals surface area contributed by atoms with Crippen LogP contribution in [0.25, 0.3) is 0 Å². The second-order valence-electron chi connectivity index (χ2n) is 6.48. The minimum absolute atomic E-state index is 0.265. The summed E-state index contributed by atoms with van der Waals surface area (Å²) in [6, 6.07) is 0.745. The lowest BCUT2D eigenvalue weighted by Crippen LogP contribution is -2.49. The molecule has 0 unspecified atom stereocenters. The van der Waals surface area contributed by atoms with Crippen molar-refractivity contribution in [3.05, 3.63) is 0 Å². The molecule has 3 heteroatoms. The molecule has 2 rings (SSSR count). The van der Waals surface area contributed by atoms with Crippen molar-refractivity contribution in [1.82, 2.24) is 9.80 Å². The Balaban J connectivity index is 1.84.